The first kappa shape index (κ1) is 7.85. The van der Waals surface area contributed by atoms with Gasteiger partial charge in [-0.05, 0) is 0 Å². The van der Waals surface area contributed by atoms with Crippen LogP contribution < -0.4 is 0 Å². The van der Waals surface area contributed by atoms with Gasteiger partial charge in [0.15, 0.2) is 17.1 Å². The number of aromatic amines is 1. The van der Waals surface area contributed by atoms with E-state index in [4.69, 9.17) is 4.42 Å². The molecule has 2 heterocycles. The summed E-state index contributed by atoms with van der Waals surface area (Å²) in [4.78, 5) is 13.5. The molecule has 13 heavy (non-hydrogen) atoms. The van der Waals surface area contributed by atoms with Gasteiger partial charge in [-0.15, -0.1) is 0 Å². The molecule has 2 rings (SSSR count). The molecule has 4 nitrogen and oxygen atoms in total. The maximum atomic E-state index is 13.3. The Kier molecular flexibility index (Phi) is 1.58. The van der Waals surface area contributed by atoms with Crippen LogP contribution in [0, 0.1) is 5.82 Å². The smallest absolute Gasteiger partial charge is 0.357 e. The van der Waals surface area contributed by atoms with E-state index in [-0.39, 0.29) is 11.3 Å². The molecule has 0 fully saturated rings. The quantitative estimate of drug-likeness (QED) is 0.684. The maximum Gasteiger partial charge on any atom is 0.357 e. The molecule has 0 saturated heterocycles. The summed E-state index contributed by atoms with van der Waals surface area (Å²) in [5.41, 5.74) is 0.273. The maximum absolute atomic E-state index is 13.3. The number of aromatic nitrogens is 1. The largest absolute Gasteiger partial charge is 0.464 e. The Hall–Kier alpha value is -1.78. The lowest BCUT2D eigenvalue weighted by Crippen LogP contribution is -2.03. The molecule has 0 bridgehead atoms. The van der Waals surface area contributed by atoms with E-state index in [2.05, 4.69) is 9.72 Å². The van der Waals surface area contributed by atoms with Crippen LogP contribution in [0.3, 0.4) is 0 Å². The van der Waals surface area contributed by atoms with E-state index < -0.39 is 11.8 Å². The Balaban J connectivity index is 2.64. The molecule has 0 aliphatic rings. The van der Waals surface area contributed by atoms with Gasteiger partial charge >= 0.3 is 5.97 Å². The lowest BCUT2D eigenvalue weighted by atomic mass is 10.4. The van der Waals surface area contributed by atoms with Gasteiger partial charge in [0.2, 0.25) is 0 Å². The number of H-pyrrole nitrogens is 1. The molecule has 5 heteroatoms. The van der Waals surface area contributed by atoms with E-state index >= 15 is 0 Å². The third kappa shape index (κ3) is 1.00. The summed E-state index contributed by atoms with van der Waals surface area (Å²) in [5, 5.41) is 0. The van der Waals surface area contributed by atoms with Crippen molar-refractivity contribution in [3.63, 3.8) is 0 Å². The number of furan rings is 1. The molecule has 0 unspecified atom stereocenters. The van der Waals surface area contributed by atoms with Gasteiger partial charge in [-0.2, -0.15) is 0 Å². The third-order valence-corrected chi connectivity index (χ3v) is 1.73. The zero-order chi connectivity index (χ0) is 9.42. The summed E-state index contributed by atoms with van der Waals surface area (Å²) in [5.74, 6) is -1.46. The van der Waals surface area contributed by atoms with Crippen LogP contribution in [0.15, 0.2) is 16.7 Å². The second kappa shape index (κ2) is 2.62. The van der Waals surface area contributed by atoms with E-state index in [9.17, 15) is 9.18 Å². The minimum Gasteiger partial charge on any atom is -0.464 e. The molecule has 0 radical (unpaired) electrons. The Morgan fingerprint density at radius 1 is 1.69 bits per heavy atom. The second-order valence-corrected chi connectivity index (χ2v) is 2.47. The predicted octanol–water partition coefficient (Wildman–Crippen LogP) is 1.69. The summed E-state index contributed by atoms with van der Waals surface area (Å²) >= 11 is 0. The number of fused-ring (bicyclic) bond motifs is 1. The van der Waals surface area contributed by atoms with E-state index in [1.165, 1.54) is 19.4 Å². The van der Waals surface area contributed by atoms with Gasteiger partial charge in [-0.3, -0.25) is 0 Å². The first-order valence-electron chi connectivity index (χ1n) is 3.57. The van der Waals surface area contributed by atoms with Crippen molar-refractivity contribution < 1.29 is 18.3 Å². The number of rotatable bonds is 1. The molecule has 0 spiro atoms. The fourth-order valence-electron chi connectivity index (χ4n) is 1.12. The van der Waals surface area contributed by atoms with E-state index in [1.54, 1.807) is 0 Å². The van der Waals surface area contributed by atoms with Crippen LogP contribution in [0.4, 0.5) is 4.39 Å². The van der Waals surface area contributed by atoms with Crippen molar-refractivity contribution in [1.82, 2.24) is 4.98 Å². The lowest BCUT2D eigenvalue weighted by molar-refractivity contribution is 0.0589. The van der Waals surface area contributed by atoms with E-state index in [1.807, 2.05) is 0 Å². The van der Waals surface area contributed by atoms with Crippen molar-refractivity contribution in [3.8, 4) is 0 Å². The first-order valence-corrected chi connectivity index (χ1v) is 3.57. The second-order valence-electron chi connectivity index (χ2n) is 2.47. The Morgan fingerprint density at radius 2 is 2.46 bits per heavy atom. The number of esters is 1. The number of ether oxygens (including phenoxy) is 1. The van der Waals surface area contributed by atoms with Crippen LogP contribution in [-0.4, -0.2) is 18.1 Å². The normalized spacial score (nSPS) is 10.6. The highest BCUT2D eigenvalue weighted by molar-refractivity contribution is 5.93. The monoisotopic (exact) mass is 183 g/mol. The van der Waals surface area contributed by atoms with Crippen LogP contribution in [-0.2, 0) is 4.74 Å². The minimum absolute atomic E-state index is 0.0420. The first-order chi connectivity index (χ1) is 6.24. The number of halogens is 1. The molecule has 0 saturated carbocycles. The van der Waals surface area contributed by atoms with Gasteiger partial charge in [-0.1, -0.05) is 0 Å². The van der Waals surface area contributed by atoms with Gasteiger partial charge in [0, 0.05) is 6.07 Å². The van der Waals surface area contributed by atoms with E-state index in [0.29, 0.717) is 5.52 Å². The van der Waals surface area contributed by atoms with Gasteiger partial charge in [0.1, 0.15) is 0 Å². The summed E-state index contributed by atoms with van der Waals surface area (Å²) in [6.45, 7) is 0. The van der Waals surface area contributed by atoms with Crippen molar-refractivity contribution in [2.45, 2.75) is 0 Å². The highest BCUT2D eigenvalue weighted by Gasteiger charge is 2.20. The van der Waals surface area contributed by atoms with Crippen LogP contribution in [0.1, 0.15) is 10.5 Å². The van der Waals surface area contributed by atoms with Gasteiger partial charge in [-0.25, -0.2) is 9.18 Å². The molecule has 2 aromatic rings. The van der Waals surface area contributed by atoms with Crippen LogP contribution in [0.2, 0.25) is 0 Å². The molecule has 0 aliphatic carbocycles. The summed E-state index contributed by atoms with van der Waals surface area (Å²) < 4.78 is 22.4. The molecule has 68 valence electrons. The zero-order valence-corrected chi connectivity index (χ0v) is 6.76. The number of carbonyl (C=O) groups excluding carboxylic acids is 1. The van der Waals surface area contributed by atoms with Crippen LogP contribution in [0.25, 0.3) is 11.1 Å². The Bertz CT molecular complexity index is 457. The van der Waals surface area contributed by atoms with Crippen molar-refractivity contribution in [2.75, 3.05) is 7.11 Å². The highest BCUT2D eigenvalue weighted by atomic mass is 19.1. The van der Waals surface area contributed by atoms with Crippen molar-refractivity contribution in [2.24, 2.45) is 0 Å². The van der Waals surface area contributed by atoms with Crippen LogP contribution >= 0.6 is 0 Å². The zero-order valence-electron chi connectivity index (χ0n) is 6.76. The molecule has 0 aliphatic heterocycles. The molecular formula is C8H6FNO3. The molecule has 0 aromatic carbocycles. The van der Waals surface area contributed by atoms with Crippen molar-refractivity contribution >= 4 is 17.1 Å². The Labute approximate surface area is 72.3 Å². The number of methoxy groups -OCH3 is 1. The van der Waals surface area contributed by atoms with Gasteiger partial charge in [0.05, 0.1) is 18.9 Å². The molecule has 1 N–H and O–H groups in total. The fourth-order valence-corrected chi connectivity index (χ4v) is 1.12. The average Bonchev–Trinajstić information content (AvgIpc) is 2.68. The third-order valence-electron chi connectivity index (χ3n) is 1.73. The molecule has 0 amide bonds. The average molecular weight is 183 g/mol. The van der Waals surface area contributed by atoms with E-state index in [0.717, 1.165) is 0 Å². The standard InChI is InChI=1S/C8H6FNO3/c1-12-8(11)6-5(9)7-4(10-6)2-3-13-7/h2-3,10H,1H3. The minimum atomic E-state index is -0.746. The van der Waals surface area contributed by atoms with Crippen molar-refractivity contribution in [1.29, 1.82) is 0 Å². The summed E-state index contributed by atoms with van der Waals surface area (Å²) in [6, 6.07) is 1.53. The SMILES string of the molecule is COC(=O)c1[nH]c2ccoc2c1F. The number of hydrogen-bond acceptors (Lipinski definition) is 3. The lowest BCUT2D eigenvalue weighted by Gasteiger charge is -1.93. The van der Waals surface area contributed by atoms with Gasteiger partial charge in [0.25, 0.3) is 0 Å². The molecule has 2 aromatic heterocycles. The van der Waals surface area contributed by atoms with Crippen molar-refractivity contribution in [3.05, 3.63) is 23.8 Å². The topological polar surface area (TPSA) is 55.2 Å². The number of carbonyl (C=O) groups is 1. The highest BCUT2D eigenvalue weighted by Crippen LogP contribution is 2.21. The predicted molar refractivity (Wildman–Crippen MR) is 41.9 cm³/mol. The molecular weight excluding hydrogens is 177 g/mol. The van der Waals surface area contributed by atoms with Crippen LogP contribution in [0.5, 0.6) is 0 Å². The molecule has 0 atom stereocenters. The Morgan fingerprint density at radius 3 is 3.08 bits per heavy atom. The summed E-state index contributed by atoms with van der Waals surface area (Å²) in [6.07, 6.45) is 1.34. The number of hydrogen-bond donors (Lipinski definition) is 1. The van der Waals surface area contributed by atoms with Gasteiger partial charge < -0.3 is 14.1 Å². The number of nitrogens with one attached hydrogen (secondary N) is 1. The summed E-state index contributed by atoms with van der Waals surface area (Å²) in [7, 11) is 1.18. The fraction of sp³-hybridized carbons (Fsp3) is 0.125.